The fourth-order valence-electron chi connectivity index (χ4n) is 1.40. The van der Waals surface area contributed by atoms with Crippen LogP contribution in [0.1, 0.15) is 43.1 Å². The minimum Gasteiger partial charge on any atom is -0.462 e. The molecule has 112 valence electrons. The zero-order valence-electron chi connectivity index (χ0n) is 11.5. The van der Waals surface area contributed by atoms with Gasteiger partial charge in [-0.15, -0.1) is 0 Å². The number of esters is 1. The smallest absolute Gasteiger partial charge is 0.419 e. The largest absolute Gasteiger partial charge is 0.462 e. The van der Waals surface area contributed by atoms with Crippen molar-refractivity contribution < 1.29 is 27.1 Å². The molecule has 1 aromatic rings. The van der Waals surface area contributed by atoms with Gasteiger partial charge in [0.05, 0.1) is 17.7 Å². The predicted molar refractivity (Wildman–Crippen MR) is 65.8 cm³/mol. The average Bonchev–Trinajstić information content (AvgIpc) is 2.26. The number of hydrogen-bond donors (Lipinski definition) is 0. The maximum atomic E-state index is 13.1. The van der Waals surface area contributed by atoms with Crippen LogP contribution in [0.4, 0.5) is 17.6 Å². The molecule has 2 nitrogen and oxygen atoms in total. The molecule has 0 N–H and O–H groups in total. The summed E-state index contributed by atoms with van der Waals surface area (Å²) in [6, 6.07) is 2.06. The molecule has 0 aliphatic heterocycles. The summed E-state index contributed by atoms with van der Waals surface area (Å²) in [6.07, 6.45) is -4.27. The summed E-state index contributed by atoms with van der Waals surface area (Å²) in [6.45, 7) is 5.93. The molecule has 0 bridgehead atoms. The van der Waals surface area contributed by atoms with E-state index in [4.69, 9.17) is 4.74 Å². The normalized spacial score (nSPS) is 12.3. The van der Waals surface area contributed by atoms with E-state index in [1.807, 2.05) is 20.8 Å². The van der Waals surface area contributed by atoms with E-state index in [0.29, 0.717) is 18.6 Å². The summed E-state index contributed by atoms with van der Waals surface area (Å²) in [5.41, 5.74) is -1.84. The lowest BCUT2D eigenvalue weighted by atomic mass is 9.93. The van der Waals surface area contributed by atoms with Gasteiger partial charge >= 0.3 is 12.1 Å². The van der Waals surface area contributed by atoms with Crippen molar-refractivity contribution in [3.8, 4) is 0 Å². The molecule has 0 radical (unpaired) electrons. The Kier molecular flexibility index (Phi) is 4.78. The van der Waals surface area contributed by atoms with Crippen LogP contribution in [0.15, 0.2) is 18.2 Å². The van der Waals surface area contributed by atoms with Crippen LogP contribution in [0.3, 0.4) is 0 Å². The van der Waals surface area contributed by atoms with Gasteiger partial charge in [0.25, 0.3) is 0 Å². The fourth-order valence-corrected chi connectivity index (χ4v) is 1.40. The fraction of sp³-hybridized carbons (Fsp3) is 0.500. The van der Waals surface area contributed by atoms with Crippen LogP contribution < -0.4 is 0 Å². The van der Waals surface area contributed by atoms with Crippen molar-refractivity contribution in [1.29, 1.82) is 0 Å². The van der Waals surface area contributed by atoms with E-state index in [2.05, 4.69) is 0 Å². The molecular formula is C14H16F4O2. The molecule has 0 saturated carbocycles. The van der Waals surface area contributed by atoms with Gasteiger partial charge in [0.2, 0.25) is 0 Å². The number of alkyl halides is 3. The highest BCUT2D eigenvalue weighted by Gasteiger charge is 2.34. The van der Waals surface area contributed by atoms with E-state index >= 15 is 0 Å². The molecule has 0 aromatic heterocycles. The second-order valence-corrected chi connectivity index (χ2v) is 5.64. The zero-order valence-corrected chi connectivity index (χ0v) is 11.5. The van der Waals surface area contributed by atoms with E-state index in [1.54, 1.807) is 0 Å². The minimum atomic E-state index is -4.84. The molecule has 0 saturated heterocycles. The number of hydrogen-bond acceptors (Lipinski definition) is 2. The monoisotopic (exact) mass is 292 g/mol. The van der Waals surface area contributed by atoms with E-state index in [9.17, 15) is 22.4 Å². The van der Waals surface area contributed by atoms with Crippen LogP contribution >= 0.6 is 0 Å². The highest BCUT2D eigenvalue weighted by Crippen LogP contribution is 2.32. The maximum Gasteiger partial charge on any atom is 0.419 e. The van der Waals surface area contributed by atoms with Crippen LogP contribution in [-0.4, -0.2) is 12.6 Å². The highest BCUT2D eigenvalue weighted by atomic mass is 19.4. The first-order valence-corrected chi connectivity index (χ1v) is 6.04. The van der Waals surface area contributed by atoms with Crippen molar-refractivity contribution in [2.24, 2.45) is 5.41 Å². The summed E-state index contributed by atoms with van der Waals surface area (Å²) in [7, 11) is 0. The van der Waals surface area contributed by atoms with Gasteiger partial charge in [-0.1, -0.05) is 20.8 Å². The lowest BCUT2D eigenvalue weighted by Crippen LogP contribution is -2.15. The van der Waals surface area contributed by atoms with Crippen LogP contribution in [-0.2, 0) is 10.9 Å². The molecule has 0 fully saturated rings. The molecule has 20 heavy (non-hydrogen) atoms. The molecular weight excluding hydrogens is 276 g/mol. The number of benzene rings is 1. The first-order chi connectivity index (χ1) is 9.00. The summed E-state index contributed by atoms with van der Waals surface area (Å²) < 4.78 is 55.5. The van der Waals surface area contributed by atoms with Gasteiger partial charge in [-0.3, -0.25) is 0 Å². The Bertz CT molecular complexity index is 487. The lowest BCUT2D eigenvalue weighted by molar-refractivity contribution is -0.140. The van der Waals surface area contributed by atoms with E-state index in [-0.39, 0.29) is 17.6 Å². The van der Waals surface area contributed by atoms with Gasteiger partial charge in [0.1, 0.15) is 5.82 Å². The SMILES string of the molecule is CC(C)(C)CCOC(=O)c1ccc(F)c(C(F)(F)F)c1. The molecule has 0 aliphatic rings. The van der Waals surface area contributed by atoms with Crippen molar-refractivity contribution in [3.63, 3.8) is 0 Å². The third-order valence-corrected chi connectivity index (χ3v) is 2.59. The number of halogens is 4. The van der Waals surface area contributed by atoms with Gasteiger partial charge in [-0.2, -0.15) is 13.2 Å². The van der Waals surface area contributed by atoms with Gasteiger partial charge in [-0.05, 0) is 30.0 Å². The first-order valence-electron chi connectivity index (χ1n) is 6.04. The number of ether oxygens (including phenoxy) is 1. The maximum absolute atomic E-state index is 13.1. The second kappa shape index (κ2) is 5.81. The van der Waals surface area contributed by atoms with Crippen LogP contribution in [0.25, 0.3) is 0 Å². The van der Waals surface area contributed by atoms with Crippen LogP contribution in [0.2, 0.25) is 0 Å². The average molecular weight is 292 g/mol. The van der Waals surface area contributed by atoms with E-state index < -0.39 is 23.5 Å². The number of carbonyl (C=O) groups excluding carboxylic acids is 1. The van der Waals surface area contributed by atoms with E-state index in [0.717, 1.165) is 6.07 Å². The molecule has 0 spiro atoms. The number of rotatable bonds is 3. The van der Waals surface area contributed by atoms with Gasteiger partial charge in [0, 0.05) is 0 Å². The summed E-state index contributed by atoms with van der Waals surface area (Å²) >= 11 is 0. The van der Waals surface area contributed by atoms with Gasteiger partial charge in [-0.25, -0.2) is 9.18 Å². The minimum absolute atomic E-state index is 0.0554. The van der Waals surface area contributed by atoms with Crippen molar-refractivity contribution in [1.82, 2.24) is 0 Å². The Balaban J connectivity index is 2.80. The summed E-state index contributed by atoms with van der Waals surface area (Å²) in [5, 5.41) is 0. The van der Waals surface area contributed by atoms with Gasteiger partial charge in [0.15, 0.2) is 0 Å². The first kappa shape index (κ1) is 16.5. The van der Waals surface area contributed by atoms with Crippen molar-refractivity contribution >= 4 is 5.97 Å². The Morgan fingerprint density at radius 2 is 1.80 bits per heavy atom. The van der Waals surface area contributed by atoms with Crippen LogP contribution in [0, 0.1) is 11.2 Å². The Labute approximate surface area is 114 Å². The van der Waals surface area contributed by atoms with Gasteiger partial charge < -0.3 is 4.74 Å². The molecule has 1 aromatic carbocycles. The topological polar surface area (TPSA) is 26.3 Å². The highest BCUT2D eigenvalue weighted by molar-refractivity contribution is 5.89. The molecule has 6 heteroatoms. The summed E-state index contributed by atoms with van der Waals surface area (Å²) in [5.74, 6) is -2.30. The van der Waals surface area contributed by atoms with Crippen molar-refractivity contribution in [2.45, 2.75) is 33.4 Å². The summed E-state index contributed by atoms with van der Waals surface area (Å²) in [4.78, 5) is 11.6. The molecule has 0 heterocycles. The molecule has 1 rings (SSSR count). The standard InChI is InChI=1S/C14H16F4O2/c1-13(2,3)6-7-20-12(19)9-4-5-11(15)10(8-9)14(16,17)18/h4-5,8H,6-7H2,1-3H3. The zero-order chi connectivity index (χ0) is 15.6. The van der Waals surface area contributed by atoms with E-state index in [1.165, 1.54) is 0 Å². The molecule has 0 aliphatic carbocycles. The second-order valence-electron chi connectivity index (χ2n) is 5.64. The number of carbonyl (C=O) groups is 1. The molecule has 0 atom stereocenters. The van der Waals surface area contributed by atoms with Crippen molar-refractivity contribution in [2.75, 3.05) is 6.61 Å². The van der Waals surface area contributed by atoms with Crippen molar-refractivity contribution in [3.05, 3.63) is 35.1 Å². The van der Waals surface area contributed by atoms with Crippen LogP contribution in [0.5, 0.6) is 0 Å². The third-order valence-electron chi connectivity index (χ3n) is 2.59. The lowest BCUT2D eigenvalue weighted by Gasteiger charge is -2.17. The Morgan fingerprint density at radius 3 is 2.30 bits per heavy atom. The third kappa shape index (κ3) is 4.83. The Morgan fingerprint density at radius 1 is 1.20 bits per heavy atom. The predicted octanol–water partition coefficient (Wildman–Crippen LogP) is 4.44. The Hall–Kier alpha value is -1.59. The quantitative estimate of drug-likeness (QED) is 0.608. The molecule has 0 unspecified atom stereocenters. The molecule has 0 amide bonds.